The van der Waals surface area contributed by atoms with Gasteiger partial charge in [0.15, 0.2) is 0 Å². The third kappa shape index (κ3) is 3.69. The molecule has 1 unspecified atom stereocenters. The Kier molecular flexibility index (Phi) is 4.76. The molecule has 1 atom stereocenters. The van der Waals surface area contributed by atoms with Crippen LogP contribution in [0.1, 0.15) is 28.2 Å². The molecule has 2 aromatic rings. The van der Waals surface area contributed by atoms with E-state index < -0.39 is 16.5 Å². The number of nitro groups is 1. The van der Waals surface area contributed by atoms with E-state index in [9.17, 15) is 14.9 Å². The molecule has 6 nitrogen and oxygen atoms in total. The van der Waals surface area contributed by atoms with Gasteiger partial charge in [-0.25, -0.2) is 4.98 Å². The minimum atomic E-state index is -0.676. The number of nitrogens with zero attached hydrogens (tertiary/aromatic N) is 2. The van der Waals surface area contributed by atoms with Gasteiger partial charge in [-0.3, -0.25) is 14.9 Å². The van der Waals surface area contributed by atoms with Gasteiger partial charge >= 0.3 is 0 Å². The van der Waals surface area contributed by atoms with Gasteiger partial charge < -0.3 is 5.32 Å². The zero-order valence-electron chi connectivity index (χ0n) is 10.7. The first kappa shape index (κ1) is 15.7. The van der Waals surface area contributed by atoms with Gasteiger partial charge in [-0.15, -0.1) is 11.3 Å². The summed E-state index contributed by atoms with van der Waals surface area (Å²) in [7, 11) is 0. The van der Waals surface area contributed by atoms with Crippen molar-refractivity contribution < 1.29 is 9.72 Å². The lowest BCUT2D eigenvalue weighted by Crippen LogP contribution is -2.26. The van der Waals surface area contributed by atoms with Crippen molar-refractivity contribution in [2.24, 2.45) is 0 Å². The molecule has 1 N–H and O–H groups in total. The Bertz CT molecular complexity index is 705. The van der Waals surface area contributed by atoms with Crippen LogP contribution in [0.2, 0.25) is 9.49 Å². The van der Waals surface area contributed by atoms with Crippen LogP contribution in [0.15, 0.2) is 24.4 Å². The molecule has 0 spiro atoms. The van der Waals surface area contributed by atoms with Gasteiger partial charge in [0.2, 0.25) is 0 Å². The molecule has 2 rings (SSSR count). The highest BCUT2D eigenvalue weighted by Crippen LogP contribution is 2.27. The molecule has 0 aliphatic carbocycles. The Morgan fingerprint density at radius 1 is 1.48 bits per heavy atom. The van der Waals surface area contributed by atoms with Gasteiger partial charge in [-0.2, -0.15) is 0 Å². The average Bonchev–Trinajstić information content (AvgIpc) is 2.85. The van der Waals surface area contributed by atoms with Crippen molar-refractivity contribution in [1.29, 1.82) is 0 Å². The smallest absolute Gasteiger partial charge is 0.300 e. The zero-order chi connectivity index (χ0) is 15.6. The summed E-state index contributed by atoms with van der Waals surface area (Å²) in [4.78, 5) is 26.9. The number of carbonyl (C=O) groups is 1. The average molecular weight is 346 g/mol. The summed E-state index contributed by atoms with van der Waals surface area (Å²) in [5.41, 5.74) is -0.525. The van der Waals surface area contributed by atoms with Crippen molar-refractivity contribution in [3.63, 3.8) is 0 Å². The van der Waals surface area contributed by atoms with E-state index in [1.807, 2.05) is 0 Å². The highest BCUT2D eigenvalue weighted by molar-refractivity contribution is 7.16. The van der Waals surface area contributed by atoms with Crippen LogP contribution < -0.4 is 5.32 Å². The molecule has 0 aromatic carbocycles. The number of aromatic nitrogens is 1. The number of pyridine rings is 1. The van der Waals surface area contributed by atoms with Crippen LogP contribution in [0.5, 0.6) is 0 Å². The van der Waals surface area contributed by atoms with Crippen LogP contribution in [0.25, 0.3) is 0 Å². The van der Waals surface area contributed by atoms with E-state index >= 15 is 0 Å². The number of hydrogen-bond donors (Lipinski definition) is 1. The van der Waals surface area contributed by atoms with E-state index in [4.69, 9.17) is 23.2 Å². The molecule has 0 aliphatic rings. The first-order valence-corrected chi connectivity index (χ1v) is 7.31. The molecule has 110 valence electrons. The molecule has 9 heteroatoms. The predicted molar refractivity (Wildman–Crippen MR) is 81.1 cm³/mol. The van der Waals surface area contributed by atoms with Gasteiger partial charge in [0.1, 0.15) is 16.9 Å². The summed E-state index contributed by atoms with van der Waals surface area (Å²) < 4.78 is 0.601. The summed E-state index contributed by atoms with van der Waals surface area (Å²) >= 11 is 12.9. The molecule has 0 saturated carbocycles. The predicted octanol–water partition coefficient (Wildman–Crippen LogP) is 3.85. The molecule has 2 aromatic heterocycles. The maximum absolute atomic E-state index is 12.2. The van der Waals surface area contributed by atoms with Crippen molar-refractivity contribution in [1.82, 2.24) is 10.3 Å². The van der Waals surface area contributed by atoms with E-state index in [1.54, 1.807) is 19.1 Å². The van der Waals surface area contributed by atoms with Crippen molar-refractivity contribution in [2.45, 2.75) is 13.0 Å². The third-order valence-corrected chi connectivity index (χ3v) is 4.28. The first-order chi connectivity index (χ1) is 9.88. The fraction of sp³-hybridized carbons (Fsp3) is 0.167. The number of carbonyl (C=O) groups excluding carboxylic acids is 1. The molecule has 21 heavy (non-hydrogen) atoms. The first-order valence-electron chi connectivity index (χ1n) is 5.74. The summed E-state index contributed by atoms with van der Waals surface area (Å²) in [5, 5.41) is 13.6. The summed E-state index contributed by atoms with van der Waals surface area (Å²) in [6.07, 6.45) is 0.962. The van der Waals surface area contributed by atoms with Crippen molar-refractivity contribution in [3.8, 4) is 0 Å². The van der Waals surface area contributed by atoms with E-state index in [0.717, 1.165) is 11.1 Å². The molecular formula is C12H9Cl2N3O3S. The van der Waals surface area contributed by atoms with Gasteiger partial charge in [-0.1, -0.05) is 23.2 Å². The van der Waals surface area contributed by atoms with Gasteiger partial charge in [0, 0.05) is 4.88 Å². The number of thiophene rings is 1. The Labute approximate surface area is 133 Å². The number of amides is 1. The van der Waals surface area contributed by atoms with Crippen LogP contribution in [0.4, 0.5) is 5.69 Å². The lowest BCUT2D eigenvalue weighted by atomic mass is 10.2. The van der Waals surface area contributed by atoms with E-state index in [2.05, 4.69) is 10.3 Å². The third-order valence-electron chi connectivity index (χ3n) is 2.66. The summed E-state index contributed by atoms with van der Waals surface area (Å²) in [6, 6.07) is 4.34. The van der Waals surface area contributed by atoms with Gasteiger partial charge in [-0.05, 0) is 25.1 Å². The maximum atomic E-state index is 12.2. The zero-order valence-corrected chi connectivity index (χ0v) is 13.0. The fourth-order valence-corrected chi connectivity index (χ4v) is 2.88. The number of rotatable bonds is 4. The Morgan fingerprint density at radius 2 is 2.19 bits per heavy atom. The van der Waals surface area contributed by atoms with Crippen molar-refractivity contribution >= 4 is 46.1 Å². The largest absolute Gasteiger partial charge is 0.344 e. The molecular weight excluding hydrogens is 337 g/mol. The molecule has 0 saturated heterocycles. The number of hydrogen-bond acceptors (Lipinski definition) is 5. The Balaban J connectivity index is 2.24. The highest BCUT2D eigenvalue weighted by Gasteiger charge is 2.23. The summed E-state index contributed by atoms with van der Waals surface area (Å²) in [5.74, 6) is -0.594. The molecule has 0 aliphatic heterocycles. The Hall–Kier alpha value is -1.70. The van der Waals surface area contributed by atoms with E-state index in [0.29, 0.717) is 4.34 Å². The second kappa shape index (κ2) is 6.38. The van der Waals surface area contributed by atoms with Crippen LogP contribution in [-0.2, 0) is 0 Å². The minimum Gasteiger partial charge on any atom is -0.344 e. The highest BCUT2D eigenvalue weighted by atomic mass is 35.5. The second-order valence-electron chi connectivity index (χ2n) is 4.12. The number of nitrogens with one attached hydrogen (secondary N) is 1. The molecule has 0 radical (unpaired) electrons. The van der Waals surface area contributed by atoms with Crippen LogP contribution >= 0.6 is 34.5 Å². The Morgan fingerprint density at radius 3 is 2.76 bits per heavy atom. The topological polar surface area (TPSA) is 85.1 Å². The maximum Gasteiger partial charge on any atom is 0.300 e. The molecule has 0 bridgehead atoms. The van der Waals surface area contributed by atoms with Crippen LogP contribution in [0, 0.1) is 10.1 Å². The molecule has 2 heterocycles. The molecule has 0 fully saturated rings. The summed E-state index contributed by atoms with van der Waals surface area (Å²) in [6.45, 7) is 1.76. The second-order valence-corrected chi connectivity index (χ2v) is 6.25. The van der Waals surface area contributed by atoms with Crippen molar-refractivity contribution in [3.05, 3.63) is 54.4 Å². The number of halogens is 2. The minimum absolute atomic E-state index is 0.0116. The normalized spacial score (nSPS) is 12.0. The SMILES string of the molecule is CC(NC(=O)c1cc(Cl)ncc1[N+](=O)[O-])c1ccc(Cl)s1. The van der Waals surface area contributed by atoms with E-state index in [1.165, 1.54) is 17.4 Å². The van der Waals surface area contributed by atoms with Crippen LogP contribution in [0.3, 0.4) is 0 Å². The van der Waals surface area contributed by atoms with Crippen molar-refractivity contribution in [2.75, 3.05) is 0 Å². The fourth-order valence-electron chi connectivity index (χ4n) is 1.66. The van der Waals surface area contributed by atoms with Crippen LogP contribution in [-0.4, -0.2) is 15.8 Å². The van der Waals surface area contributed by atoms with Gasteiger partial charge in [0.05, 0.1) is 15.3 Å². The standard InChI is InChI=1S/C12H9Cl2N3O3S/c1-6(9-2-3-11(14)21-9)16-12(18)7-4-10(13)15-5-8(7)17(19)20/h2-6H,1H3,(H,16,18). The lowest BCUT2D eigenvalue weighted by Gasteiger charge is -2.12. The quantitative estimate of drug-likeness (QED) is 0.518. The monoisotopic (exact) mass is 345 g/mol. The lowest BCUT2D eigenvalue weighted by molar-refractivity contribution is -0.385. The molecule has 1 amide bonds. The van der Waals surface area contributed by atoms with E-state index in [-0.39, 0.29) is 16.8 Å². The van der Waals surface area contributed by atoms with Gasteiger partial charge in [0.25, 0.3) is 11.6 Å².